The third kappa shape index (κ3) is 2.80. The lowest BCUT2D eigenvalue weighted by atomic mass is 9.88. The van der Waals surface area contributed by atoms with Crippen molar-refractivity contribution in [2.75, 3.05) is 13.1 Å². The van der Waals surface area contributed by atoms with Crippen LogP contribution in [-0.4, -0.2) is 46.8 Å². The molecule has 0 bridgehead atoms. The van der Waals surface area contributed by atoms with Crippen molar-refractivity contribution in [3.63, 3.8) is 0 Å². The van der Waals surface area contributed by atoms with Gasteiger partial charge in [-0.2, -0.15) is 0 Å². The Hall–Kier alpha value is -1.32. The van der Waals surface area contributed by atoms with E-state index in [1.807, 2.05) is 9.80 Å². The molecule has 4 nitrogen and oxygen atoms in total. The molecule has 0 spiro atoms. The third-order valence-corrected chi connectivity index (χ3v) is 5.39. The smallest absolute Gasteiger partial charge is 0.251 e. The summed E-state index contributed by atoms with van der Waals surface area (Å²) >= 11 is 0. The third-order valence-electron chi connectivity index (χ3n) is 5.39. The van der Waals surface area contributed by atoms with Crippen LogP contribution < -0.4 is 0 Å². The molecule has 1 unspecified atom stereocenters. The second kappa shape index (κ2) is 6.43. The highest BCUT2D eigenvalue weighted by Gasteiger charge is 2.41. The molecule has 1 saturated heterocycles. The van der Waals surface area contributed by atoms with Crippen LogP contribution in [0.15, 0.2) is 11.1 Å². The van der Waals surface area contributed by atoms with Crippen molar-refractivity contribution in [3.05, 3.63) is 11.1 Å². The first-order valence-corrected chi connectivity index (χ1v) is 8.92. The Morgan fingerprint density at radius 2 is 1.86 bits per heavy atom. The summed E-state index contributed by atoms with van der Waals surface area (Å²) in [6.45, 7) is 5.90. The zero-order valence-electron chi connectivity index (χ0n) is 13.9. The lowest BCUT2D eigenvalue weighted by Crippen LogP contribution is -2.42. The molecular weight excluding hydrogens is 276 g/mol. The molecule has 1 saturated carbocycles. The molecule has 22 heavy (non-hydrogen) atoms. The van der Waals surface area contributed by atoms with Gasteiger partial charge in [0.1, 0.15) is 0 Å². The Morgan fingerprint density at radius 1 is 1.14 bits per heavy atom. The number of amides is 2. The Kier molecular flexibility index (Phi) is 4.55. The summed E-state index contributed by atoms with van der Waals surface area (Å²) in [4.78, 5) is 29.4. The van der Waals surface area contributed by atoms with E-state index >= 15 is 0 Å². The van der Waals surface area contributed by atoms with Gasteiger partial charge in [-0.05, 0) is 57.9 Å². The number of fused-ring (bicyclic) bond motifs is 1. The van der Waals surface area contributed by atoms with E-state index in [1.54, 1.807) is 0 Å². The van der Waals surface area contributed by atoms with Crippen LogP contribution in [0.2, 0.25) is 0 Å². The van der Waals surface area contributed by atoms with E-state index in [1.165, 1.54) is 18.4 Å². The Morgan fingerprint density at radius 3 is 2.55 bits per heavy atom. The summed E-state index contributed by atoms with van der Waals surface area (Å²) in [6.07, 6.45) is 8.18. The van der Waals surface area contributed by atoms with Crippen molar-refractivity contribution in [3.8, 4) is 0 Å². The summed E-state index contributed by atoms with van der Waals surface area (Å²) in [5.74, 6) is 0.285. The molecule has 122 valence electrons. The van der Waals surface area contributed by atoms with Crippen LogP contribution in [0.25, 0.3) is 0 Å². The summed E-state index contributed by atoms with van der Waals surface area (Å²) in [7, 11) is 0. The maximum absolute atomic E-state index is 12.8. The second-order valence-electron chi connectivity index (χ2n) is 7.19. The molecular formula is C18H28N2O2. The highest BCUT2D eigenvalue weighted by atomic mass is 16.2. The molecule has 0 N–H and O–H groups in total. The monoisotopic (exact) mass is 304 g/mol. The summed E-state index contributed by atoms with van der Waals surface area (Å²) < 4.78 is 0. The summed E-state index contributed by atoms with van der Waals surface area (Å²) in [6, 6.07) is 0.485. The van der Waals surface area contributed by atoms with E-state index in [9.17, 15) is 9.59 Å². The van der Waals surface area contributed by atoms with Crippen LogP contribution in [0.5, 0.6) is 0 Å². The lowest BCUT2D eigenvalue weighted by molar-refractivity contribution is -0.134. The maximum Gasteiger partial charge on any atom is 0.251 e. The van der Waals surface area contributed by atoms with Gasteiger partial charge in [0.05, 0.1) is 12.5 Å². The van der Waals surface area contributed by atoms with Crippen molar-refractivity contribution in [2.24, 2.45) is 0 Å². The fourth-order valence-corrected chi connectivity index (χ4v) is 4.28. The van der Waals surface area contributed by atoms with Gasteiger partial charge < -0.3 is 9.80 Å². The van der Waals surface area contributed by atoms with E-state index < -0.39 is 0 Å². The van der Waals surface area contributed by atoms with Crippen LogP contribution in [-0.2, 0) is 9.59 Å². The quantitative estimate of drug-likeness (QED) is 0.804. The number of hydrogen-bond acceptors (Lipinski definition) is 2. The molecule has 2 aliphatic heterocycles. The Balaban J connectivity index is 1.78. The summed E-state index contributed by atoms with van der Waals surface area (Å²) in [5.41, 5.74) is 2.10. The van der Waals surface area contributed by atoms with Crippen LogP contribution >= 0.6 is 0 Å². The van der Waals surface area contributed by atoms with Crippen molar-refractivity contribution >= 4 is 11.8 Å². The number of nitrogens with zero attached hydrogens (tertiary/aromatic N) is 2. The molecule has 2 amide bonds. The molecule has 2 heterocycles. The molecule has 1 atom stereocenters. The van der Waals surface area contributed by atoms with E-state index in [0.29, 0.717) is 6.42 Å². The fraction of sp³-hybridized carbons (Fsp3) is 0.778. The Labute approximate surface area is 133 Å². The van der Waals surface area contributed by atoms with Crippen molar-refractivity contribution in [2.45, 2.75) is 77.3 Å². The standard InChI is InChI=1S/C18H28N2O2/c1-13(2)20-16-9-5-4-8-14(16)15(18(20)22)12-17(21)19-10-6-3-7-11-19/h13,16H,3-12H2,1-2H3. The zero-order valence-corrected chi connectivity index (χ0v) is 13.9. The first kappa shape index (κ1) is 15.6. The molecule has 3 aliphatic rings. The average molecular weight is 304 g/mol. The topological polar surface area (TPSA) is 40.6 Å². The molecule has 0 aromatic heterocycles. The number of likely N-dealkylation sites (tertiary alicyclic amines) is 1. The van der Waals surface area contributed by atoms with E-state index in [0.717, 1.165) is 50.8 Å². The molecule has 0 aromatic carbocycles. The highest BCUT2D eigenvalue weighted by molar-refractivity contribution is 6.02. The first-order valence-electron chi connectivity index (χ1n) is 8.92. The average Bonchev–Trinajstić information content (AvgIpc) is 2.81. The van der Waals surface area contributed by atoms with E-state index in [4.69, 9.17) is 0 Å². The minimum absolute atomic E-state index is 0.127. The largest absolute Gasteiger partial charge is 0.342 e. The van der Waals surface area contributed by atoms with Gasteiger partial charge in [-0.15, -0.1) is 0 Å². The van der Waals surface area contributed by atoms with Crippen molar-refractivity contribution in [1.82, 2.24) is 9.80 Å². The van der Waals surface area contributed by atoms with Gasteiger partial charge in [0.25, 0.3) is 5.91 Å². The van der Waals surface area contributed by atoms with Gasteiger partial charge in [-0.1, -0.05) is 6.42 Å². The zero-order chi connectivity index (χ0) is 15.7. The first-order chi connectivity index (χ1) is 10.6. The van der Waals surface area contributed by atoms with Crippen LogP contribution in [0.3, 0.4) is 0 Å². The molecule has 3 rings (SSSR count). The second-order valence-corrected chi connectivity index (χ2v) is 7.19. The van der Waals surface area contributed by atoms with Gasteiger partial charge >= 0.3 is 0 Å². The number of carbonyl (C=O) groups excluding carboxylic acids is 2. The molecule has 4 heteroatoms. The molecule has 0 aromatic rings. The van der Waals surface area contributed by atoms with Gasteiger partial charge in [-0.3, -0.25) is 9.59 Å². The fourth-order valence-electron chi connectivity index (χ4n) is 4.28. The predicted molar refractivity (Wildman–Crippen MR) is 86.3 cm³/mol. The molecule has 2 fully saturated rings. The maximum atomic E-state index is 12.8. The number of hydrogen-bond donors (Lipinski definition) is 0. The van der Waals surface area contributed by atoms with Gasteiger partial charge in [0.15, 0.2) is 0 Å². The van der Waals surface area contributed by atoms with E-state index in [-0.39, 0.29) is 23.9 Å². The normalized spacial score (nSPS) is 26.0. The number of piperidine rings is 1. The number of carbonyl (C=O) groups is 2. The SMILES string of the molecule is CC(C)N1C(=O)C(CC(=O)N2CCCCC2)=C2CCCCC21. The minimum Gasteiger partial charge on any atom is -0.342 e. The number of rotatable bonds is 3. The van der Waals surface area contributed by atoms with Crippen LogP contribution in [0, 0.1) is 0 Å². The molecule has 0 radical (unpaired) electrons. The minimum atomic E-state index is 0.127. The summed E-state index contributed by atoms with van der Waals surface area (Å²) in [5, 5.41) is 0. The van der Waals surface area contributed by atoms with E-state index in [2.05, 4.69) is 13.8 Å². The van der Waals surface area contributed by atoms with Crippen LogP contribution in [0.4, 0.5) is 0 Å². The predicted octanol–water partition coefficient (Wildman–Crippen LogP) is 2.88. The van der Waals surface area contributed by atoms with Gasteiger partial charge in [-0.25, -0.2) is 0 Å². The lowest BCUT2D eigenvalue weighted by Gasteiger charge is -2.33. The van der Waals surface area contributed by atoms with Crippen LogP contribution in [0.1, 0.15) is 65.2 Å². The van der Waals surface area contributed by atoms with Gasteiger partial charge in [0, 0.05) is 24.7 Å². The van der Waals surface area contributed by atoms with Crippen molar-refractivity contribution < 1.29 is 9.59 Å². The van der Waals surface area contributed by atoms with Gasteiger partial charge in [0.2, 0.25) is 5.91 Å². The highest BCUT2D eigenvalue weighted by Crippen LogP contribution is 2.39. The molecule has 1 aliphatic carbocycles. The van der Waals surface area contributed by atoms with Crippen molar-refractivity contribution in [1.29, 1.82) is 0 Å². The Bertz CT molecular complexity index is 489.